The van der Waals surface area contributed by atoms with Crippen LogP contribution in [-0.4, -0.2) is 10.8 Å². The summed E-state index contributed by atoms with van der Waals surface area (Å²) in [5.74, 6) is 0.302. The van der Waals surface area contributed by atoms with E-state index < -0.39 is 0 Å². The lowest BCUT2D eigenvalue weighted by atomic mass is 10.00. The van der Waals surface area contributed by atoms with Crippen LogP contribution in [0.1, 0.15) is 21.5 Å². The molecule has 0 saturated heterocycles. The Bertz CT molecular complexity index is 549. The summed E-state index contributed by atoms with van der Waals surface area (Å²) in [6.45, 7) is 2.00. The minimum Gasteiger partial charge on any atom is -0.383 e. The molecule has 0 spiro atoms. The van der Waals surface area contributed by atoms with Gasteiger partial charge in [0.1, 0.15) is 5.82 Å². The fourth-order valence-corrected chi connectivity index (χ4v) is 1.73. The molecular formula is C14H14N2O. The highest BCUT2D eigenvalue weighted by atomic mass is 16.1. The number of Topliss-reactive ketones (excluding diaryl/α,β-unsaturated/α-hetero) is 1. The van der Waals surface area contributed by atoms with Crippen molar-refractivity contribution in [2.45, 2.75) is 13.3 Å². The van der Waals surface area contributed by atoms with E-state index in [0.717, 1.165) is 11.1 Å². The third kappa shape index (κ3) is 2.50. The first-order valence-electron chi connectivity index (χ1n) is 5.46. The number of ketones is 1. The summed E-state index contributed by atoms with van der Waals surface area (Å²) >= 11 is 0. The summed E-state index contributed by atoms with van der Waals surface area (Å²) in [6, 6.07) is 11.3. The summed E-state index contributed by atoms with van der Waals surface area (Å²) in [5.41, 5.74) is 8.32. The molecule has 17 heavy (non-hydrogen) atoms. The van der Waals surface area contributed by atoms with Gasteiger partial charge in [-0.1, -0.05) is 24.3 Å². The molecule has 0 amide bonds. The summed E-state index contributed by atoms with van der Waals surface area (Å²) in [4.78, 5) is 16.0. The number of aryl methyl sites for hydroxylation is 1. The van der Waals surface area contributed by atoms with Crippen LogP contribution in [0.4, 0.5) is 5.82 Å². The molecule has 1 heterocycles. The fourth-order valence-electron chi connectivity index (χ4n) is 1.73. The number of nitrogen functional groups attached to an aromatic ring is 1. The maximum atomic E-state index is 12.1. The molecule has 2 aromatic rings. The lowest BCUT2D eigenvalue weighted by molar-refractivity contribution is 0.0993. The molecule has 0 aliphatic heterocycles. The van der Waals surface area contributed by atoms with E-state index in [9.17, 15) is 4.79 Å². The van der Waals surface area contributed by atoms with Crippen molar-refractivity contribution >= 4 is 11.6 Å². The highest BCUT2D eigenvalue weighted by Gasteiger charge is 2.11. The van der Waals surface area contributed by atoms with Gasteiger partial charge in [-0.3, -0.25) is 4.79 Å². The molecule has 2 rings (SSSR count). The zero-order valence-corrected chi connectivity index (χ0v) is 9.68. The van der Waals surface area contributed by atoms with Gasteiger partial charge in [0.05, 0.1) is 5.56 Å². The molecule has 2 N–H and O–H groups in total. The van der Waals surface area contributed by atoms with Gasteiger partial charge in [-0.25, -0.2) is 4.98 Å². The lowest BCUT2D eigenvalue weighted by Crippen LogP contribution is -2.08. The van der Waals surface area contributed by atoms with Gasteiger partial charge in [0.25, 0.3) is 0 Å². The van der Waals surface area contributed by atoms with Crippen molar-refractivity contribution in [3.8, 4) is 0 Å². The van der Waals surface area contributed by atoms with E-state index in [-0.39, 0.29) is 5.78 Å². The molecule has 0 aliphatic carbocycles. The van der Waals surface area contributed by atoms with Crippen molar-refractivity contribution in [2.24, 2.45) is 0 Å². The highest BCUT2D eigenvalue weighted by Crippen LogP contribution is 2.14. The lowest BCUT2D eigenvalue weighted by Gasteiger charge is -2.06. The second kappa shape index (κ2) is 4.78. The normalized spacial score (nSPS) is 10.2. The van der Waals surface area contributed by atoms with Crippen molar-refractivity contribution in [3.63, 3.8) is 0 Å². The molecule has 0 fully saturated rings. The van der Waals surface area contributed by atoms with Crippen LogP contribution < -0.4 is 5.73 Å². The Kier molecular flexibility index (Phi) is 3.19. The van der Waals surface area contributed by atoms with Crippen molar-refractivity contribution in [3.05, 3.63) is 59.3 Å². The first-order valence-corrected chi connectivity index (χ1v) is 5.46. The van der Waals surface area contributed by atoms with Crippen LogP contribution in [0.25, 0.3) is 0 Å². The average Bonchev–Trinajstić information content (AvgIpc) is 2.32. The Hall–Kier alpha value is -2.16. The monoisotopic (exact) mass is 226 g/mol. The number of aromatic nitrogens is 1. The van der Waals surface area contributed by atoms with E-state index in [4.69, 9.17) is 5.73 Å². The Balaban J connectivity index is 2.24. The van der Waals surface area contributed by atoms with Gasteiger partial charge in [0.15, 0.2) is 5.78 Å². The van der Waals surface area contributed by atoms with Crippen LogP contribution >= 0.6 is 0 Å². The number of carbonyl (C=O) groups is 1. The minimum absolute atomic E-state index is 0.00454. The van der Waals surface area contributed by atoms with Gasteiger partial charge >= 0.3 is 0 Å². The topological polar surface area (TPSA) is 56.0 Å². The minimum atomic E-state index is 0.00454. The molecule has 1 aromatic carbocycles. The molecule has 3 heteroatoms. The zero-order chi connectivity index (χ0) is 12.3. The molecule has 3 nitrogen and oxygen atoms in total. The summed E-state index contributed by atoms with van der Waals surface area (Å²) < 4.78 is 0. The van der Waals surface area contributed by atoms with Crippen LogP contribution in [0.15, 0.2) is 42.6 Å². The SMILES string of the molecule is Cc1ccccc1CC(=O)c1cccnc1N. The number of nitrogens with zero attached hydrogens (tertiary/aromatic N) is 1. The largest absolute Gasteiger partial charge is 0.383 e. The van der Waals surface area contributed by atoms with Crippen LogP contribution in [0.5, 0.6) is 0 Å². The Morgan fingerprint density at radius 1 is 1.24 bits per heavy atom. The molecule has 1 aromatic heterocycles. The van der Waals surface area contributed by atoms with E-state index >= 15 is 0 Å². The van der Waals surface area contributed by atoms with Crippen molar-refractivity contribution in [1.29, 1.82) is 0 Å². The van der Waals surface area contributed by atoms with E-state index in [1.54, 1.807) is 18.3 Å². The first-order chi connectivity index (χ1) is 8.18. The third-order valence-electron chi connectivity index (χ3n) is 2.75. The first kappa shape index (κ1) is 11.3. The maximum absolute atomic E-state index is 12.1. The Labute approximate surface area is 100 Å². The van der Waals surface area contributed by atoms with Gasteiger partial charge in [-0.05, 0) is 30.2 Å². The average molecular weight is 226 g/mol. The van der Waals surface area contributed by atoms with E-state index in [1.807, 2.05) is 31.2 Å². The molecule has 0 saturated carbocycles. The smallest absolute Gasteiger partial charge is 0.170 e. The van der Waals surface area contributed by atoms with E-state index in [2.05, 4.69) is 4.98 Å². The van der Waals surface area contributed by atoms with Crippen LogP contribution in [0.3, 0.4) is 0 Å². The van der Waals surface area contributed by atoms with Gasteiger partial charge in [-0.15, -0.1) is 0 Å². The standard InChI is InChI=1S/C14H14N2O/c1-10-5-2-3-6-11(10)9-13(17)12-7-4-8-16-14(12)15/h2-8H,9H2,1H3,(H2,15,16). The molecule has 86 valence electrons. The second-order valence-electron chi connectivity index (χ2n) is 3.96. The molecule has 0 aliphatic rings. The summed E-state index contributed by atoms with van der Waals surface area (Å²) in [7, 11) is 0. The predicted molar refractivity (Wildman–Crippen MR) is 67.9 cm³/mol. The van der Waals surface area contributed by atoms with Crippen LogP contribution in [0, 0.1) is 6.92 Å². The van der Waals surface area contributed by atoms with Crippen LogP contribution in [0.2, 0.25) is 0 Å². The Morgan fingerprint density at radius 2 is 2.00 bits per heavy atom. The molecular weight excluding hydrogens is 212 g/mol. The highest BCUT2D eigenvalue weighted by molar-refractivity contribution is 6.01. The van der Waals surface area contributed by atoms with Crippen LogP contribution in [-0.2, 0) is 6.42 Å². The van der Waals surface area contributed by atoms with Gasteiger partial charge in [-0.2, -0.15) is 0 Å². The summed E-state index contributed by atoms with van der Waals surface area (Å²) in [6.07, 6.45) is 1.95. The number of benzene rings is 1. The maximum Gasteiger partial charge on any atom is 0.170 e. The molecule has 0 unspecified atom stereocenters. The van der Waals surface area contributed by atoms with Gasteiger partial charge in [0.2, 0.25) is 0 Å². The number of anilines is 1. The third-order valence-corrected chi connectivity index (χ3v) is 2.75. The fraction of sp³-hybridized carbons (Fsp3) is 0.143. The van der Waals surface area contributed by atoms with E-state index in [1.165, 1.54) is 0 Å². The molecule has 0 radical (unpaired) electrons. The van der Waals surface area contributed by atoms with E-state index in [0.29, 0.717) is 17.8 Å². The van der Waals surface area contributed by atoms with Crippen molar-refractivity contribution in [2.75, 3.05) is 5.73 Å². The molecule has 0 bridgehead atoms. The number of carbonyl (C=O) groups excluding carboxylic acids is 1. The number of nitrogens with two attached hydrogens (primary N) is 1. The predicted octanol–water partition coefficient (Wildman–Crippen LogP) is 2.40. The zero-order valence-electron chi connectivity index (χ0n) is 9.68. The molecule has 0 atom stereocenters. The summed E-state index contributed by atoms with van der Waals surface area (Å²) in [5, 5.41) is 0. The quantitative estimate of drug-likeness (QED) is 0.817. The Morgan fingerprint density at radius 3 is 2.71 bits per heavy atom. The number of rotatable bonds is 3. The number of hydrogen-bond donors (Lipinski definition) is 1. The number of hydrogen-bond acceptors (Lipinski definition) is 3. The van der Waals surface area contributed by atoms with Crippen molar-refractivity contribution < 1.29 is 4.79 Å². The number of pyridine rings is 1. The van der Waals surface area contributed by atoms with Crippen molar-refractivity contribution in [1.82, 2.24) is 4.98 Å². The second-order valence-corrected chi connectivity index (χ2v) is 3.96. The van der Waals surface area contributed by atoms with Gasteiger partial charge < -0.3 is 5.73 Å². The van der Waals surface area contributed by atoms with Gasteiger partial charge in [0, 0.05) is 12.6 Å².